The van der Waals surface area contributed by atoms with Gasteiger partial charge in [-0.1, -0.05) is 44.9 Å². The van der Waals surface area contributed by atoms with Crippen molar-refractivity contribution in [2.75, 3.05) is 0 Å². The molecule has 3 rings (SSSR count). The molecule has 2 aromatic heterocycles. The molecule has 0 aliphatic heterocycles. The SMILES string of the molecule is CCCc1c(CCC)n(-c2ncccn2)c(=O)c2ccccc12. The van der Waals surface area contributed by atoms with E-state index < -0.39 is 0 Å². The van der Waals surface area contributed by atoms with Crippen LogP contribution in [0.25, 0.3) is 16.7 Å². The lowest BCUT2D eigenvalue weighted by Crippen LogP contribution is -2.26. The van der Waals surface area contributed by atoms with Crippen LogP contribution < -0.4 is 5.56 Å². The second-order valence-electron chi connectivity index (χ2n) is 5.66. The Bertz CT molecular complexity index is 869. The standard InChI is InChI=1S/C19H21N3O/c1-3-8-15-14-10-5-6-11-16(14)18(23)22(17(15)9-4-2)19-20-12-7-13-21-19/h5-7,10-13H,3-4,8-9H2,1-2H3. The van der Waals surface area contributed by atoms with Crippen molar-refractivity contribution in [1.29, 1.82) is 0 Å². The molecule has 4 heteroatoms. The van der Waals surface area contributed by atoms with Crippen LogP contribution in [0.15, 0.2) is 47.5 Å². The number of nitrogens with zero attached hydrogens (tertiary/aromatic N) is 3. The predicted molar refractivity (Wildman–Crippen MR) is 93.1 cm³/mol. The molecule has 0 saturated heterocycles. The lowest BCUT2D eigenvalue weighted by Gasteiger charge is -2.18. The van der Waals surface area contributed by atoms with Gasteiger partial charge in [0.05, 0.1) is 0 Å². The quantitative estimate of drug-likeness (QED) is 0.722. The fourth-order valence-corrected chi connectivity index (χ4v) is 3.11. The van der Waals surface area contributed by atoms with E-state index in [0.717, 1.165) is 42.1 Å². The highest BCUT2D eigenvalue weighted by molar-refractivity contribution is 5.86. The van der Waals surface area contributed by atoms with E-state index in [4.69, 9.17) is 0 Å². The molecule has 0 fully saturated rings. The van der Waals surface area contributed by atoms with Gasteiger partial charge in [0.15, 0.2) is 0 Å². The molecule has 0 saturated carbocycles. The monoisotopic (exact) mass is 307 g/mol. The summed E-state index contributed by atoms with van der Waals surface area (Å²) < 4.78 is 1.71. The Morgan fingerprint density at radius 1 is 0.913 bits per heavy atom. The third-order valence-corrected chi connectivity index (χ3v) is 4.04. The first-order valence-electron chi connectivity index (χ1n) is 8.20. The second-order valence-corrected chi connectivity index (χ2v) is 5.66. The number of rotatable bonds is 5. The smallest absolute Gasteiger partial charge is 0.265 e. The molecule has 2 heterocycles. The molecule has 3 aromatic rings. The summed E-state index contributed by atoms with van der Waals surface area (Å²) in [5, 5.41) is 1.80. The number of fused-ring (bicyclic) bond motifs is 1. The maximum atomic E-state index is 13.1. The highest BCUT2D eigenvalue weighted by atomic mass is 16.1. The van der Waals surface area contributed by atoms with Crippen molar-refractivity contribution in [3.05, 3.63) is 64.3 Å². The fraction of sp³-hybridized carbons (Fsp3) is 0.316. The van der Waals surface area contributed by atoms with Crippen LogP contribution in [-0.2, 0) is 12.8 Å². The van der Waals surface area contributed by atoms with Gasteiger partial charge in [0.25, 0.3) is 5.56 Å². The minimum Gasteiger partial charge on any atom is -0.268 e. The van der Waals surface area contributed by atoms with Crippen LogP contribution in [0.3, 0.4) is 0 Å². The number of aryl methyl sites for hydroxylation is 1. The third kappa shape index (κ3) is 2.77. The zero-order valence-corrected chi connectivity index (χ0v) is 13.6. The fourth-order valence-electron chi connectivity index (χ4n) is 3.11. The summed E-state index contributed by atoms with van der Waals surface area (Å²) in [6.07, 6.45) is 7.16. The average Bonchev–Trinajstić information content (AvgIpc) is 2.59. The first-order chi connectivity index (χ1) is 11.3. The minimum absolute atomic E-state index is 0.0323. The Balaban J connectivity index is 2.44. The van der Waals surface area contributed by atoms with Crippen molar-refractivity contribution in [3.63, 3.8) is 0 Å². The number of hydrogen-bond acceptors (Lipinski definition) is 3. The van der Waals surface area contributed by atoms with E-state index in [9.17, 15) is 4.79 Å². The van der Waals surface area contributed by atoms with Gasteiger partial charge in [-0.3, -0.25) is 4.79 Å². The van der Waals surface area contributed by atoms with E-state index in [1.807, 2.05) is 18.2 Å². The van der Waals surface area contributed by atoms with Crippen molar-refractivity contribution in [3.8, 4) is 5.95 Å². The van der Waals surface area contributed by atoms with Gasteiger partial charge in [0, 0.05) is 23.5 Å². The highest BCUT2D eigenvalue weighted by Gasteiger charge is 2.17. The summed E-state index contributed by atoms with van der Waals surface area (Å²) in [5.74, 6) is 0.462. The van der Waals surface area contributed by atoms with E-state index in [0.29, 0.717) is 5.95 Å². The summed E-state index contributed by atoms with van der Waals surface area (Å²) >= 11 is 0. The molecule has 0 radical (unpaired) electrons. The van der Waals surface area contributed by atoms with Crippen LogP contribution in [-0.4, -0.2) is 14.5 Å². The lowest BCUT2D eigenvalue weighted by molar-refractivity contribution is 0.755. The van der Waals surface area contributed by atoms with Crippen LogP contribution in [0, 0.1) is 0 Å². The number of aromatic nitrogens is 3. The van der Waals surface area contributed by atoms with Crippen LogP contribution in [0.1, 0.15) is 37.9 Å². The lowest BCUT2D eigenvalue weighted by atomic mass is 9.97. The van der Waals surface area contributed by atoms with Crippen LogP contribution in [0.5, 0.6) is 0 Å². The van der Waals surface area contributed by atoms with Crippen molar-refractivity contribution in [2.24, 2.45) is 0 Å². The summed E-state index contributed by atoms with van der Waals surface area (Å²) in [5.41, 5.74) is 2.26. The molecule has 1 aromatic carbocycles. The molecule has 0 unspecified atom stereocenters. The first-order valence-corrected chi connectivity index (χ1v) is 8.20. The van der Waals surface area contributed by atoms with Gasteiger partial charge in [0.1, 0.15) is 0 Å². The average molecular weight is 307 g/mol. The van der Waals surface area contributed by atoms with Crippen molar-refractivity contribution < 1.29 is 0 Å². The van der Waals surface area contributed by atoms with Gasteiger partial charge in [-0.2, -0.15) is 0 Å². The molecule has 23 heavy (non-hydrogen) atoms. The molecule has 118 valence electrons. The third-order valence-electron chi connectivity index (χ3n) is 4.04. The van der Waals surface area contributed by atoms with Gasteiger partial charge in [0.2, 0.25) is 5.95 Å². The van der Waals surface area contributed by atoms with E-state index in [1.54, 1.807) is 23.0 Å². The molecular formula is C19H21N3O. The molecule has 0 aliphatic rings. The first kappa shape index (κ1) is 15.4. The van der Waals surface area contributed by atoms with Gasteiger partial charge >= 0.3 is 0 Å². The molecular weight excluding hydrogens is 286 g/mol. The molecule has 4 nitrogen and oxygen atoms in total. The summed E-state index contributed by atoms with van der Waals surface area (Å²) in [6, 6.07) is 9.63. The Labute approximate surface area is 135 Å². The van der Waals surface area contributed by atoms with E-state index >= 15 is 0 Å². The highest BCUT2D eigenvalue weighted by Crippen LogP contribution is 2.23. The minimum atomic E-state index is -0.0323. The number of benzene rings is 1. The molecule has 0 amide bonds. The number of pyridine rings is 1. The van der Waals surface area contributed by atoms with Crippen LogP contribution in [0.4, 0.5) is 0 Å². The van der Waals surface area contributed by atoms with Crippen molar-refractivity contribution in [2.45, 2.75) is 39.5 Å². The zero-order valence-electron chi connectivity index (χ0n) is 13.6. The Morgan fingerprint density at radius 2 is 1.57 bits per heavy atom. The summed E-state index contributed by atoms with van der Waals surface area (Å²) in [4.78, 5) is 21.7. The molecule has 0 aliphatic carbocycles. The Hall–Kier alpha value is -2.49. The molecule has 0 N–H and O–H groups in total. The predicted octanol–water partition coefficient (Wildman–Crippen LogP) is 3.69. The maximum absolute atomic E-state index is 13.1. The van der Waals surface area contributed by atoms with Crippen molar-refractivity contribution in [1.82, 2.24) is 14.5 Å². The van der Waals surface area contributed by atoms with Crippen LogP contribution >= 0.6 is 0 Å². The van der Waals surface area contributed by atoms with Gasteiger partial charge in [-0.25, -0.2) is 14.5 Å². The molecule has 0 spiro atoms. The largest absolute Gasteiger partial charge is 0.268 e. The molecule has 0 bridgehead atoms. The van der Waals surface area contributed by atoms with Gasteiger partial charge < -0.3 is 0 Å². The van der Waals surface area contributed by atoms with E-state index in [2.05, 4.69) is 29.9 Å². The second kappa shape index (κ2) is 6.73. The normalized spacial score (nSPS) is 11.0. The van der Waals surface area contributed by atoms with Crippen molar-refractivity contribution >= 4 is 10.8 Å². The van der Waals surface area contributed by atoms with Gasteiger partial charge in [-0.05, 0) is 35.9 Å². The summed E-state index contributed by atoms with van der Waals surface area (Å²) in [6.45, 7) is 4.30. The van der Waals surface area contributed by atoms with E-state index in [-0.39, 0.29) is 5.56 Å². The topological polar surface area (TPSA) is 47.8 Å². The number of hydrogen-bond donors (Lipinski definition) is 0. The Morgan fingerprint density at radius 3 is 2.22 bits per heavy atom. The zero-order chi connectivity index (χ0) is 16.2. The Kier molecular flexibility index (Phi) is 4.51. The molecule has 0 atom stereocenters. The van der Waals surface area contributed by atoms with Gasteiger partial charge in [-0.15, -0.1) is 0 Å². The van der Waals surface area contributed by atoms with Crippen LogP contribution in [0.2, 0.25) is 0 Å². The maximum Gasteiger partial charge on any atom is 0.265 e. The summed E-state index contributed by atoms with van der Waals surface area (Å²) in [7, 11) is 0. The van der Waals surface area contributed by atoms with E-state index in [1.165, 1.54) is 5.56 Å².